The van der Waals surface area contributed by atoms with E-state index in [9.17, 15) is 0 Å². The monoisotopic (exact) mass is 310 g/mol. The normalized spacial score (nSPS) is 17.0. The van der Waals surface area contributed by atoms with Crippen molar-refractivity contribution in [1.82, 2.24) is 30.0 Å². The second kappa shape index (κ2) is 5.85. The molecule has 0 spiro atoms. The van der Waals surface area contributed by atoms with E-state index in [-0.39, 0.29) is 6.04 Å². The van der Waals surface area contributed by atoms with Gasteiger partial charge in [-0.1, -0.05) is 6.07 Å². The van der Waals surface area contributed by atoms with Crippen LogP contribution in [-0.2, 0) is 13.0 Å². The molecule has 4 rings (SSSR count). The summed E-state index contributed by atoms with van der Waals surface area (Å²) in [7, 11) is 1.69. The van der Waals surface area contributed by atoms with Gasteiger partial charge in [-0.15, -0.1) is 0 Å². The Kier molecular flexibility index (Phi) is 3.55. The van der Waals surface area contributed by atoms with Gasteiger partial charge in [0.15, 0.2) is 0 Å². The molecule has 1 aliphatic heterocycles. The Labute approximate surface area is 133 Å². The van der Waals surface area contributed by atoms with Gasteiger partial charge in [0.25, 0.3) is 0 Å². The van der Waals surface area contributed by atoms with Gasteiger partial charge in [0.1, 0.15) is 18.4 Å². The molecule has 0 radical (unpaired) electrons. The van der Waals surface area contributed by atoms with Crippen molar-refractivity contribution in [3.8, 4) is 5.75 Å². The van der Waals surface area contributed by atoms with Crippen molar-refractivity contribution in [2.45, 2.75) is 19.0 Å². The summed E-state index contributed by atoms with van der Waals surface area (Å²) >= 11 is 0. The maximum Gasteiger partial charge on any atom is 0.137 e. The highest BCUT2D eigenvalue weighted by molar-refractivity contribution is 5.41. The fourth-order valence-corrected chi connectivity index (χ4v) is 3.09. The summed E-state index contributed by atoms with van der Waals surface area (Å²) in [6.07, 6.45) is 5.99. The number of hydrogen-bond donors (Lipinski definition) is 2. The van der Waals surface area contributed by atoms with E-state index in [1.165, 1.54) is 17.6 Å². The summed E-state index contributed by atoms with van der Waals surface area (Å²) in [4.78, 5) is 11.7. The molecular formula is C16H18N6O. The topological polar surface area (TPSA) is 80.6 Å². The number of imidazole rings is 1. The molecule has 23 heavy (non-hydrogen) atoms. The van der Waals surface area contributed by atoms with Crippen LogP contribution in [0, 0.1) is 0 Å². The molecule has 0 amide bonds. The molecule has 7 nitrogen and oxygen atoms in total. The molecule has 3 heterocycles. The quantitative estimate of drug-likeness (QED) is 0.759. The Morgan fingerprint density at radius 3 is 3.17 bits per heavy atom. The molecule has 3 aromatic rings. The van der Waals surface area contributed by atoms with Gasteiger partial charge in [-0.2, -0.15) is 5.10 Å². The first-order valence-corrected chi connectivity index (χ1v) is 7.60. The molecule has 0 aliphatic carbocycles. The van der Waals surface area contributed by atoms with Crippen LogP contribution >= 0.6 is 0 Å². The number of H-pyrrole nitrogens is 1. The van der Waals surface area contributed by atoms with Gasteiger partial charge in [0.2, 0.25) is 0 Å². The smallest absolute Gasteiger partial charge is 0.137 e. The molecule has 0 fully saturated rings. The third-order valence-corrected chi connectivity index (χ3v) is 4.19. The predicted molar refractivity (Wildman–Crippen MR) is 84.3 cm³/mol. The molecule has 0 saturated carbocycles. The zero-order valence-electron chi connectivity index (χ0n) is 12.9. The third kappa shape index (κ3) is 2.59. The van der Waals surface area contributed by atoms with Crippen LogP contribution < -0.4 is 10.1 Å². The summed E-state index contributed by atoms with van der Waals surface area (Å²) in [5.41, 5.74) is 4.53. The van der Waals surface area contributed by atoms with Crippen molar-refractivity contribution in [3.63, 3.8) is 0 Å². The van der Waals surface area contributed by atoms with Crippen LogP contribution in [-0.4, -0.2) is 38.4 Å². The van der Waals surface area contributed by atoms with Gasteiger partial charge in [-0.05, 0) is 17.7 Å². The van der Waals surface area contributed by atoms with Crippen molar-refractivity contribution in [1.29, 1.82) is 0 Å². The first-order chi connectivity index (χ1) is 11.3. The Morgan fingerprint density at radius 1 is 1.39 bits per heavy atom. The van der Waals surface area contributed by atoms with Crippen LogP contribution in [0.2, 0.25) is 0 Å². The molecule has 7 heteroatoms. The lowest BCUT2D eigenvalue weighted by molar-refractivity contribution is 0.406. The summed E-state index contributed by atoms with van der Waals surface area (Å²) in [5.74, 6) is 0.849. The first-order valence-electron chi connectivity index (χ1n) is 7.60. The van der Waals surface area contributed by atoms with Gasteiger partial charge in [0.05, 0.1) is 31.7 Å². The van der Waals surface area contributed by atoms with Crippen LogP contribution in [0.5, 0.6) is 5.75 Å². The molecule has 0 bridgehead atoms. The largest absolute Gasteiger partial charge is 0.496 e. The minimum Gasteiger partial charge on any atom is -0.496 e. The highest BCUT2D eigenvalue weighted by Gasteiger charge is 2.24. The minimum absolute atomic E-state index is 0.102. The lowest BCUT2D eigenvalue weighted by Gasteiger charge is -2.24. The minimum atomic E-state index is 0.102. The summed E-state index contributed by atoms with van der Waals surface area (Å²) in [6.45, 7) is 1.56. The number of nitrogens with one attached hydrogen (secondary N) is 2. The van der Waals surface area contributed by atoms with Gasteiger partial charge in [-0.25, -0.2) is 14.6 Å². The number of aromatic nitrogens is 5. The Balaban J connectivity index is 1.70. The van der Waals surface area contributed by atoms with Crippen molar-refractivity contribution in [2.75, 3.05) is 13.7 Å². The predicted octanol–water partition coefficient (Wildman–Crippen LogP) is 1.29. The number of aromatic amines is 1. The Hall–Kier alpha value is -2.67. The number of rotatable bonds is 4. The fourth-order valence-electron chi connectivity index (χ4n) is 3.09. The van der Waals surface area contributed by atoms with Crippen molar-refractivity contribution >= 4 is 0 Å². The van der Waals surface area contributed by atoms with E-state index < -0.39 is 0 Å². The average Bonchev–Trinajstić information content (AvgIpc) is 3.25. The number of methoxy groups -OCH3 is 1. The van der Waals surface area contributed by atoms with E-state index in [0.29, 0.717) is 6.54 Å². The number of fused-ring (bicyclic) bond motifs is 1. The lowest BCUT2D eigenvalue weighted by Crippen LogP contribution is -2.30. The van der Waals surface area contributed by atoms with Crippen LogP contribution in [0.3, 0.4) is 0 Å². The second-order valence-corrected chi connectivity index (χ2v) is 5.57. The van der Waals surface area contributed by atoms with Crippen LogP contribution in [0.15, 0.2) is 37.2 Å². The highest BCUT2D eigenvalue weighted by atomic mass is 16.5. The van der Waals surface area contributed by atoms with Gasteiger partial charge < -0.3 is 15.0 Å². The van der Waals surface area contributed by atoms with E-state index >= 15 is 0 Å². The molecule has 118 valence electrons. The van der Waals surface area contributed by atoms with Gasteiger partial charge >= 0.3 is 0 Å². The average molecular weight is 310 g/mol. The van der Waals surface area contributed by atoms with Crippen LogP contribution in [0.4, 0.5) is 0 Å². The van der Waals surface area contributed by atoms with Crippen LogP contribution in [0.1, 0.15) is 28.6 Å². The maximum absolute atomic E-state index is 5.49. The Morgan fingerprint density at radius 2 is 2.35 bits per heavy atom. The first kappa shape index (κ1) is 14.0. The molecule has 1 aliphatic rings. The summed E-state index contributed by atoms with van der Waals surface area (Å²) < 4.78 is 7.27. The maximum atomic E-state index is 5.49. The van der Waals surface area contributed by atoms with E-state index in [1.54, 1.807) is 24.4 Å². The Bertz CT molecular complexity index is 795. The zero-order valence-corrected chi connectivity index (χ0v) is 12.9. The van der Waals surface area contributed by atoms with Gasteiger partial charge in [0, 0.05) is 24.2 Å². The van der Waals surface area contributed by atoms with Crippen molar-refractivity contribution in [3.05, 3.63) is 59.7 Å². The molecule has 0 unspecified atom stereocenters. The second-order valence-electron chi connectivity index (χ2n) is 5.57. The zero-order chi connectivity index (χ0) is 15.6. The van der Waals surface area contributed by atoms with Crippen molar-refractivity contribution in [2.24, 2.45) is 0 Å². The fraction of sp³-hybridized carbons (Fsp3) is 0.312. The highest BCUT2D eigenvalue weighted by Crippen LogP contribution is 2.30. The molecule has 0 saturated heterocycles. The van der Waals surface area contributed by atoms with E-state index in [2.05, 4.69) is 37.5 Å². The lowest BCUT2D eigenvalue weighted by atomic mass is 9.96. The van der Waals surface area contributed by atoms with Crippen molar-refractivity contribution < 1.29 is 4.74 Å². The van der Waals surface area contributed by atoms with E-state index in [4.69, 9.17) is 4.74 Å². The number of hydrogen-bond acceptors (Lipinski definition) is 5. The molecular weight excluding hydrogens is 292 g/mol. The van der Waals surface area contributed by atoms with Crippen LogP contribution in [0.25, 0.3) is 0 Å². The molecule has 2 aromatic heterocycles. The van der Waals surface area contributed by atoms with E-state index in [0.717, 1.165) is 30.0 Å². The summed E-state index contributed by atoms with van der Waals surface area (Å²) in [5, 5.41) is 7.72. The number of nitrogens with zero attached hydrogens (tertiary/aromatic N) is 4. The molecule has 2 N–H and O–H groups in total. The number of benzene rings is 1. The summed E-state index contributed by atoms with van der Waals surface area (Å²) in [6, 6.07) is 6.35. The molecule has 1 aromatic carbocycles. The standard InChI is InChI=1S/C16H18N6O/c1-23-14-3-2-11(6-12(14)7-22-10-17-8-21-22)15-16-13(4-5-18-15)19-9-20-16/h2-3,6,8-10,15,18H,4-5,7H2,1H3,(H,19,20)/t15-/m1/s1. The molecule has 1 atom stereocenters. The van der Waals surface area contributed by atoms with E-state index in [1.807, 2.05) is 6.07 Å². The SMILES string of the molecule is COc1ccc([C@H]2NCCc3[nH]cnc32)cc1Cn1cncn1. The van der Waals surface area contributed by atoms with Gasteiger partial charge in [-0.3, -0.25) is 0 Å². The third-order valence-electron chi connectivity index (χ3n) is 4.19. The number of ether oxygens (including phenoxy) is 1.